The first-order valence-electron chi connectivity index (χ1n) is 12.6. The van der Waals surface area contributed by atoms with Crippen molar-refractivity contribution in [3.05, 3.63) is 96.3 Å². The number of benzene rings is 3. The molecule has 2 unspecified atom stereocenters. The molecule has 3 aromatic carbocycles. The van der Waals surface area contributed by atoms with Crippen molar-refractivity contribution in [3.63, 3.8) is 0 Å². The van der Waals surface area contributed by atoms with Crippen molar-refractivity contribution in [2.45, 2.75) is 50.6 Å². The van der Waals surface area contributed by atoms with Crippen LogP contribution in [0.3, 0.4) is 0 Å². The summed E-state index contributed by atoms with van der Waals surface area (Å²) in [6.45, 7) is 4.92. The Kier molecular flexibility index (Phi) is 10.0. The fraction of sp³-hybridized carbons (Fsp3) is 0.310. The van der Waals surface area contributed by atoms with E-state index in [4.69, 9.17) is 0 Å². The van der Waals surface area contributed by atoms with Gasteiger partial charge in [-0.25, -0.2) is 12.8 Å². The predicted molar refractivity (Wildman–Crippen MR) is 147 cm³/mol. The number of hydrogen-bond acceptors (Lipinski definition) is 4. The summed E-state index contributed by atoms with van der Waals surface area (Å²) < 4.78 is 42.9. The molecule has 202 valence electrons. The van der Waals surface area contributed by atoms with E-state index in [-0.39, 0.29) is 29.1 Å². The van der Waals surface area contributed by atoms with Crippen LogP contribution in [0.2, 0.25) is 0 Å². The highest BCUT2D eigenvalue weighted by Crippen LogP contribution is 2.26. The van der Waals surface area contributed by atoms with Crippen molar-refractivity contribution in [1.29, 1.82) is 0 Å². The molecule has 3 rings (SSSR count). The van der Waals surface area contributed by atoms with Gasteiger partial charge in [0.15, 0.2) is 0 Å². The number of sulfonamides is 1. The summed E-state index contributed by atoms with van der Waals surface area (Å²) in [5.41, 5.74) is 0.715. The highest BCUT2D eigenvalue weighted by atomic mass is 32.2. The van der Waals surface area contributed by atoms with E-state index in [1.807, 2.05) is 44.2 Å². The van der Waals surface area contributed by atoms with Crippen LogP contribution in [0.4, 0.5) is 10.1 Å². The standard InChI is InChI=1S/C29H34FN3O4S/c1-4-22(2)31-29(35)23(3)32(20-19-24-13-7-5-8-14-24)28(34)21-33(27-18-12-11-17-26(27)30)38(36,37)25-15-9-6-10-16-25/h5-18,22-23H,4,19-21H2,1-3H3,(H,31,35). The van der Waals surface area contributed by atoms with Crippen LogP contribution in [-0.2, 0) is 26.0 Å². The van der Waals surface area contributed by atoms with E-state index in [9.17, 15) is 22.4 Å². The molecule has 38 heavy (non-hydrogen) atoms. The molecule has 0 fully saturated rings. The number of rotatable bonds is 12. The molecule has 0 aliphatic carbocycles. The van der Waals surface area contributed by atoms with E-state index < -0.39 is 34.3 Å². The zero-order chi connectivity index (χ0) is 27.7. The summed E-state index contributed by atoms with van der Waals surface area (Å²) >= 11 is 0. The third-order valence-electron chi connectivity index (χ3n) is 6.38. The molecule has 0 bridgehead atoms. The lowest BCUT2D eigenvalue weighted by atomic mass is 10.1. The topological polar surface area (TPSA) is 86.8 Å². The van der Waals surface area contributed by atoms with Crippen LogP contribution in [0.5, 0.6) is 0 Å². The van der Waals surface area contributed by atoms with E-state index in [0.717, 1.165) is 15.9 Å². The summed E-state index contributed by atoms with van der Waals surface area (Å²) in [4.78, 5) is 28.0. The first-order chi connectivity index (χ1) is 18.1. The van der Waals surface area contributed by atoms with Gasteiger partial charge in [0, 0.05) is 12.6 Å². The quantitative estimate of drug-likeness (QED) is 0.370. The average Bonchev–Trinajstić information content (AvgIpc) is 2.93. The smallest absolute Gasteiger partial charge is 0.264 e. The largest absolute Gasteiger partial charge is 0.352 e. The summed E-state index contributed by atoms with van der Waals surface area (Å²) in [6.07, 6.45) is 1.17. The van der Waals surface area contributed by atoms with Gasteiger partial charge in [-0.1, -0.05) is 67.6 Å². The minimum Gasteiger partial charge on any atom is -0.352 e. The lowest BCUT2D eigenvalue weighted by Crippen LogP contribution is -2.53. The highest BCUT2D eigenvalue weighted by molar-refractivity contribution is 7.92. The van der Waals surface area contributed by atoms with Crippen LogP contribution in [-0.4, -0.2) is 50.3 Å². The van der Waals surface area contributed by atoms with Gasteiger partial charge in [0.2, 0.25) is 11.8 Å². The van der Waals surface area contributed by atoms with Gasteiger partial charge in [-0.15, -0.1) is 0 Å². The Hall–Kier alpha value is -3.72. The molecular formula is C29H34FN3O4S. The number of carbonyl (C=O) groups excluding carboxylic acids is 2. The molecule has 9 heteroatoms. The minimum atomic E-state index is -4.30. The second kappa shape index (κ2) is 13.2. The maximum Gasteiger partial charge on any atom is 0.264 e. The predicted octanol–water partition coefficient (Wildman–Crippen LogP) is 4.40. The number of nitrogens with one attached hydrogen (secondary N) is 1. The molecule has 0 saturated heterocycles. The van der Waals surface area contributed by atoms with Crippen molar-refractivity contribution < 1.29 is 22.4 Å². The molecule has 1 N–H and O–H groups in total. The number of carbonyl (C=O) groups is 2. The maximum absolute atomic E-state index is 14.9. The Morgan fingerprint density at radius 2 is 1.47 bits per heavy atom. The summed E-state index contributed by atoms with van der Waals surface area (Å²) in [6, 6.07) is 21.5. The average molecular weight is 540 g/mol. The molecule has 7 nitrogen and oxygen atoms in total. The minimum absolute atomic E-state index is 0.0746. The third kappa shape index (κ3) is 7.19. The molecule has 0 aromatic heterocycles. The number of halogens is 1. The van der Waals surface area contributed by atoms with Crippen LogP contribution in [0.25, 0.3) is 0 Å². The van der Waals surface area contributed by atoms with Gasteiger partial charge in [-0.2, -0.15) is 0 Å². The van der Waals surface area contributed by atoms with Gasteiger partial charge in [0.1, 0.15) is 18.4 Å². The van der Waals surface area contributed by atoms with Gasteiger partial charge in [-0.05, 0) is 56.5 Å². The van der Waals surface area contributed by atoms with Crippen molar-refractivity contribution in [2.24, 2.45) is 0 Å². The summed E-state index contributed by atoms with van der Waals surface area (Å²) in [5, 5.41) is 2.89. The SMILES string of the molecule is CCC(C)NC(=O)C(C)N(CCc1ccccc1)C(=O)CN(c1ccccc1F)S(=O)(=O)c1ccccc1. The van der Waals surface area contributed by atoms with Gasteiger partial charge in [-0.3, -0.25) is 13.9 Å². The first kappa shape index (κ1) is 28.8. The Balaban J connectivity index is 1.97. The number of amides is 2. The lowest BCUT2D eigenvalue weighted by Gasteiger charge is -2.32. The van der Waals surface area contributed by atoms with Crippen LogP contribution in [0.15, 0.2) is 89.8 Å². The zero-order valence-corrected chi connectivity index (χ0v) is 22.7. The van der Waals surface area contributed by atoms with Crippen molar-refractivity contribution in [1.82, 2.24) is 10.2 Å². The van der Waals surface area contributed by atoms with Crippen molar-refractivity contribution >= 4 is 27.5 Å². The van der Waals surface area contributed by atoms with E-state index in [2.05, 4.69) is 5.32 Å². The molecule has 0 spiro atoms. The van der Waals surface area contributed by atoms with E-state index in [1.165, 1.54) is 35.2 Å². The molecule has 0 radical (unpaired) electrons. The van der Waals surface area contributed by atoms with Gasteiger partial charge in [0.25, 0.3) is 10.0 Å². The number of anilines is 1. The highest BCUT2D eigenvalue weighted by Gasteiger charge is 2.33. The maximum atomic E-state index is 14.9. The third-order valence-corrected chi connectivity index (χ3v) is 8.16. The summed E-state index contributed by atoms with van der Waals surface area (Å²) in [5.74, 6) is -1.74. The van der Waals surface area contributed by atoms with Crippen LogP contribution in [0, 0.1) is 5.82 Å². The fourth-order valence-corrected chi connectivity index (χ4v) is 5.37. The molecular weight excluding hydrogens is 505 g/mol. The van der Waals surface area contributed by atoms with Crippen LogP contribution >= 0.6 is 0 Å². The van der Waals surface area contributed by atoms with Gasteiger partial charge < -0.3 is 10.2 Å². The monoisotopic (exact) mass is 539 g/mol. The fourth-order valence-electron chi connectivity index (χ4n) is 3.92. The molecule has 3 aromatic rings. The molecule has 0 aliphatic heterocycles. The zero-order valence-electron chi connectivity index (χ0n) is 21.9. The van der Waals surface area contributed by atoms with E-state index >= 15 is 0 Å². The molecule has 0 heterocycles. The number of para-hydroxylation sites is 1. The Bertz CT molecular complexity index is 1320. The van der Waals surface area contributed by atoms with Crippen LogP contribution < -0.4 is 9.62 Å². The summed E-state index contributed by atoms with van der Waals surface area (Å²) in [7, 11) is -4.30. The first-order valence-corrected chi connectivity index (χ1v) is 14.0. The second-order valence-electron chi connectivity index (χ2n) is 9.09. The second-order valence-corrected chi connectivity index (χ2v) is 11.0. The Labute approximate surface area is 224 Å². The van der Waals surface area contributed by atoms with Gasteiger partial charge in [0.05, 0.1) is 10.6 Å². The van der Waals surface area contributed by atoms with Gasteiger partial charge >= 0.3 is 0 Å². The number of hydrogen-bond donors (Lipinski definition) is 1. The van der Waals surface area contributed by atoms with E-state index in [0.29, 0.717) is 12.8 Å². The molecule has 0 aliphatic rings. The normalized spacial score (nSPS) is 12.8. The molecule has 0 saturated carbocycles. The number of nitrogens with zero attached hydrogens (tertiary/aromatic N) is 2. The Morgan fingerprint density at radius 3 is 2.08 bits per heavy atom. The lowest BCUT2D eigenvalue weighted by molar-refractivity contribution is -0.139. The molecule has 2 atom stereocenters. The van der Waals surface area contributed by atoms with Crippen LogP contribution in [0.1, 0.15) is 32.8 Å². The van der Waals surface area contributed by atoms with E-state index in [1.54, 1.807) is 25.1 Å². The van der Waals surface area contributed by atoms with Crippen molar-refractivity contribution in [2.75, 3.05) is 17.4 Å². The molecule has 2 amide bonds. The Morgan fingerprint density at radius 1 is 0.895 bits per heavy atom. The van der Waals surface area contributed by atoms with Crippen molar-refractivity contribution in [3.8, 4) is 0 Å².